The normalized spacial score (nSPS) is 20.6. The SMILES string of the molecule is CC(C)N=C(N1CC1)N1CC1. The number of nitrogens with zero attached hydrogens (tertiary/aromatic N) is 3. The van der Waals surface area contributed by atoms with Gasteiger partial charge in [-0.1, -0.05) is 0 Å². The molecule has 3 nitrogen and oxygen atoms in total. The molecule has 0 N–H and O–H groups in total. The summed E-state index contributed by atoms with van der Waals surface area (Å²) in [6.07, 6.45) is 0. The molecule has 2 fully saturated rings. The number of hydrogen-bond acceptors (Lipinski definition) is 1. The van der Waals surface area contributed by atoms with E-state index in [1.165, 1.54) is 32.1 Å². The molecule has 0 aromatic heterocycles. The van der Waals surface area contributed by atoms with Crippen LogP contribution in [-0.4, -0.2) is 48.0 Å². The highest BCUT2D eigenvalue weighted by Gasteiger charge is 2.32. The largest absolute Gasteiger partial charge is 0.339 e. The van der Waals surface area contributed by atoms with Crippen molar-refractivity contribution >= 4 is 5.96 Å². The van der Waals surface area contributed by atoms with Crippen molar-refractivity contribution < 1.29 is 0 Å². The molecule has 62 valence electrons. The van der Waals surface area contributed by atoms with E-state index < -0.39 is 0 Å². The Kier molecular flexibility index (Phi) is 1.51. The van der Waals surface area contributed by atoms with Gasteiger partial charge in [0.05, 0.1) is 0 Å². The molecule has 0 saturated carbocycles. The van der Waals surface area contributed by atoms with Crippen molar-refractivity contribution in [1.82, 2.24) is 9.80 Å². The fourth-order valence-electron chi connectivity index (χ4n) is 1.09. The van der Waals surface area contributed by atoms with E-state index in [0.29, 0.717) is 6.04 Å². The van der Waals surface area contributed by atoms with Crippen molar-refractivity contribution in [3.05, 3.63) is 0 Å². The van der Waals surface area contributed by atoms with E-state index in [1.807, 2.05) is 0 Å². The van der Waals surface area contributed by atoms with E-state index in [-0.39, 0.29) is 0 Å². The quantitative estimate of drug-likeness (QED) is 0.308. The van der Waals surface area contributed by atoms with Crippen LogP contribution in [0.3, 0.4) is 0 Å². The van der Waals surface area contributed by atoms with Crippen molar-refractivity contribution in [2.24, 2.45) is 4.99 Å². The molecule has 0 aromatic carbocycles. The van der Waals surface area contributed by atoms with Crippen LogP contribution in [0.4, 0.5) is 0 Å². The lowest BCUT2D eigenvalue weighted by Gasteiger charge is -2.09. The summed E-state index contributed by atoms with van der Waals surface area (Å²) in [5.41, 5.74) is 0. The Morgan fingerprint density at radius 1 is 1.09 bits per heavy atom. The highest BCUT2D eigenvalue weighted by Crippen LogP contribution is 2.16. The van der Waals surface area contributed by atoms with Gasteiger partial charge < -0.3 is 9.80 Å². The maximum Gasteiger partial charge on any atom is 0.197 e. The van der Waals surface area contributed by atoms with Gasteiger partial charge >= 0.3 is 0 Å². The lowest BCUT2D eigenvalue weighted by atomic mass is 10.4. The average molecular weight is 153 g/mol. The molecular weight excluding hydrogens is 138 g/mol. The Hall–Kier alpha value is -0.730. The van der Waals surface area contributed by atoms with Crippen LogP contribution in [0, 0.1) is 0 Å². The molecule has 3 heteroatoms. The second-order valence-electron chi connectivity index (χ2n) is 3.50. The number of guanidine groups is 1. The van der Waals surface area contributed by atoms with E-state index >= 15 is 0 Å². The zero-order valence-electron chi connectivity index (χ0n) is 7.25. The summed E-state index contributed by atoms with van der Waals surface area (Å²) in [4.78, 5) is 9.22. The molecule has 2 rings (SSSR count). The molecule has 0 aromatic rings. The van der Waals surface area contributed by atoms with E-state index in [0.717, 1.165) is 0 Å². The van der Waals surface area contributed by atoms with Crippen LogP contribution in [0.1, 0.15) is 13.8 Å². The minimum absolute atomic E-state index is 0.436. The smallest absolute Gasteiger partial charge is 0.197 e. The van der Waals surface area contributed by atoms with Crippen LogP contribution in [0.25, 0.3) is 0 Å². The van der Waals surface area contributed by atoms with Crippen LogP contribution in [0.5, 0.6) is 0 Å². The summed E-state index contributed by atoms with van der Waals surface area (Å²) < 4.78 is 0. The van der Waals surface area contributed by atoms with Gasteiger partial charge in [-0.15, -0.1) is 0 Å². The van der Waals surface area contributed by atoms with Crippen LogP contribution in [0.2, 0.25) is 0 Å². The van der Waals surface area contributed by atoms with Crippen LogP contribution >= 0.6 is 0 Å². The predicted octanol–water partition coefficient (Wildman–Crippen LogP) is 0.382. The molecule has 2 aliphatic rings. The van der Waals surface area contributed by atoms with Gasteiger partial charge in [-0.2, -0.15) is 0 Å². The summed E-state index contributed by atoms with van der Waals surface area (Å²) in [6.45, 7) is 9.11. The highest BCUT2D eigenvalue weighted by molar-refractivity contribution is 5.84. The molecule has 11 heavy (non-hydrogen) atoms. The minimum Gasteiger partial charge on any atom is -0.339 e. The van der Waals surface area contributed by atoms with Gasteiger partial charge in [-0.05, 0) is 13.8 Å². The third-order valence-electron chi connectivity index (χ3n) is 1.83. The number of rotatable bonds is 1. The van der Waals surface area contributed by atoms with E-state index in [2.05, 4.69) is 28.6 Å². The van der Waals surface area contributed by atoms with Crippen molar-refractivity contribution in [2.75, 3.05) is 26.2 Å². The molecule has 0 bridgehead atoms. The summed E-state index contributed by atoms with van der Waals surface area (Å²) in [5, 5.41) is 0. The molecule has 0 aliphatic carbocycles. The zero-order valence-corrected chi connectivity index (χ0v) is 7.25. The highest BCUT2D eigenvalue weighted by atomic mass is 15.5. The first-order valence-electron chi connectivity index (χ1n) is 4.35. The lowest BCUT2D eigenvalue weighted by molar-refractivity contribution is 0.655. The predicted molar refractivity (Wildman–Crippen MR) is 45.7 cm³/mol. The number of aliphatic imine (C=N–C) groups is 1. The van der Waals surface area contributed by atoms with Crippen LogP contribution in [0.15, 0.2) is 4.99 Å². The van der Waals surface area contributed by atoms with Crippen LogP contribution in [-0.2, 0) is 0 Å². The van der Waals surface area contributed by atoms with Gasteiger partial charge in [0.1, 0.15) is 0 Å². The summed E-state index contributed by atoms with van der Waals surface area (Å²) in [5.74, 6) is 1.24. The Morgan fingerprint density at radius 3 is 1.82 bits per heavy atom. The van der Waals surface area contributed by atoms with Gasteiger partial charge in [0.25, 0.3) is 0 Å². The molecule has 0 atom stereocenters. The molecule has 2 aliphatic heterocycles. The van der Waals surface area contributed by atoms with E-state index in [4.69, 9.17) is 0 Å². The first-order valence-corrected chi connectivity index (χ1v) is 4.35. The fraction of sp³-hybridized carbons (Fsp3) is 0.875. The molecule has 0 radical (unpaired) electrons. The van der Waals surface area contributed by atoms with Crippen molar-refractivity contribution in [3.63, 3.8) is 0 Å². The monoisotopic (exact) mass is 153 g/mol. The Morgan fingerprint density at radius 2 is 1.55 bits per heavy atom. The third kappa shape index (κ3) is 1.64. The van der Waals surface area contributed by atoms with Gasteiger partial charge in [0.2, 0.25) is 0 Å². The van der Waals surface area contributed by atoms with Gasteiger partial charge in [-0.25, -0.2) is 0 Å². The first kappa shape index (κ1) is 6.95. The summed E-state index contributed by atoms with van der Waals surface area (Å²) in [7, 11) is 0. The van der Waals surface area contributed by atoms with Crippen molar-refractivity contribution in [1.29, 1.82) is 0 Å². The van der Waals surface area contributed by atoms with Crippen LogP contribution < -0.4 is 0 Å². The summed E-state index contributed by atoms with van der Waals surface area (Å²) >= 11 is 0. The Balaban J connectivity index is 2.01. The van der Waals surface area contributed by atoms with E-state index in [9.17, 15) is 0 Å². The standard InChI is InChI=1S/C8H15N3/c1-7(2)9-8(10-3-4-10)11-5-6-11/h7H,3-6H2,1-2H3. The first-order chi connectivity index (χ1) is 5.27. The second kappa shape index (κ2) is 2.40. The maximum atomic E-state index is 4.57. The van der Waals surface area contributed by atoms with Gasteiger partial charge in [0.15, 0.2) is 5.96 Å². The fourth-order valence-corrected chi connectivity index (χ4v) is 1.09. The molecule has 0 amide bonds. The second-order valence-corrected chi connectivity index (χ2v) is 3.50. The minimum atomic E-state index is 0.436. The average Bonchev–Trinajstić information content (AvgIpc) is 2.79. The molecule has 0 unspecified atom stereocenters. The third-order valence-corrected chi connectivity index (χ3v) is 1.83. The zero-order chi connectivity index (χ0) is 7.84. The lowest BCUT2D eigenvalue weighted by Crippen LogP contribution is -2.22. The van der Waals surface area contributed by atoms with Gasteiger partial charge in [0, 0.05) is 32.2 Å². The van der Waals surface area contributed by atoms with Gasteiger partial charge in [-0.3, -0.25) is 4.99 Å². The molecular formula is C8H15N3. The number of hydrogen-bond donors (Lipinski definition) is 0. The summed E-state index contributed by atoms with van der Waals surface area (Å²) in [6, 6.07) is 0.436. The molecule has 2 heterocycles. The maximum absolute atomic E-state index is 4.57. The Bertz CT molecular complexity index is 164. The molecule has 2 saturated heterocycles. The topological polar surface area (TPSA) is 18.4 Å². The van der Waals surface area contributed by atoms with Crippen molar-refractivity contribution in [3.8, 4) is 0 Å². The molecule has 0 spiro atoms. The van der Waals surface area contributed by atoms with Crippen molar-refractivity contribution in [2.45, 2.75) is 19.9 Å². The van der Waals surface area contributed by atoms with E-state index in [1.54, 1.807) is 0 Å². The Labute approximate surface area is 67.7 Å².